The minimum absolute atomic E-state index is 0.0618. The van der Waals surface area contributed by atoms with E-state index in [4.69, 9.17) is 4.74 Å². The van der Waals surface area contributed by atoms with Crippen LogP contribution in [0.25, 0.3) is 5.69 Å². The fraction of sp³-hybridized carbons (Fsp3) is 0.545. The van der Waals surface area contributed by atoms with Crippen LogP contribution in [0.15, 0.2) is 24.3 Å². The van der Waals surface area contributed by atoms with E-state index in [2.05, 4.69) is 15.2 Å². The maximum absolute atomic E-state index is 13.3. The molecule has 1 aliphatic heterocycles. The van der Waals surface area contributed by atoms with Crippen LogP contribution in [0.1, 0.15) is 53.8 Å². The third-order valence-corrected chi connectivity index (χ3v) is 5.68. The molecule has 2 aliphatic rings. The van der Waals surface area contributed by atoms with Crippen LogP contribution in [-0.4, -0.2) is 76.0 Å². The number of carbonyl (C=O) groups excluding carboxylic acids is 2. The number of benzene rings is 1. The van der Waals surface area contributed by atoms with E-state index in [-0.39, 0.29) is 18.4 Å². The van der Waals surface area contributed by atoms with Gasteiger partial charge in [0.1, 0.15) is 0 Å². The van der Waals surface area contributed by atoms with Crippen molar-refractivity contribution in [3.05, 3.63) is 41.2 Å². The fourth-order valence-corrected chi connectivity index (χ4v) is 3.91. The minimum atomic E-state index is -0.214. The summed E-state index contributed by atoms with van der Waals surface area (Å²) in [6, 6.07) is 8.12. The highest BCUT2D eigenvalue weighted by atomic mass is 16.5. The standard InChI is InChI=1S/C22H29N5O3/c1-3-30-19(28)15-25-11-4-12-26(14-13-25)22(29)20-21(17-7-8-17)27(24-23-20)18-9-5-16(2)6-10-18/h5-6,9-10,17H,3-4,7-8,11-15H2,1-2H3. The second-order valence-corrected chi connectivity index (χ2v) is 8.07. The molecule has 0 bridgehead atoms. The lowest BCUT2D eigenvalue weighted by molar-refractivity contribution is -0.144. The van der Waals surface area contributed by atoms with E-state index in [0.29, 0.717) is 37.9 Å². The van der Waals surface area contributed by atoms with Crippen LogP contribution in [0.2, 0.25) is 0 Å². The molecular weight excluding hydrogens is 382 g/mol. The van der Waals surface area contributed by atoms with Gasteiger partial charge in [0.2, 0.25) is 0 Å². The molecule has 30 heavy (non-hydrogen) atoms. The first-order valence-electron chi connectivity index (χ1n) is 10.8. The monoisotopic (exact) mass is 411 g/mol. The molecule has 1 aromatic carbocycles. The third kappa shape index (κ3) is 4.53. The summed E-state index contributed by atoms with van der Waals surface area (Å²) in [6.07, 6.45) is 2.94. The second kappa shape index (κ2) is 8.95. The number of aromatic nitrogens is 3. The Morgan fingerprint density at radius 3 is 2.57 bits per heavy atom. The van der Waals surface area contributed by atoms with Gasteiger partial charge in [-0.15, -0.1) is 5.10 Å². The van der Waals surface area contributed by atoms with Crippen LogP contribution < -0.4 is 0 Å². The molecule has 1 saturated carbocycles. The normalized spacial score (nSPS) is 17.6. The molecule has 2 aromatic rings. The van der Waals surface area contributed by atoms with E-state index >= 15 is 0 Å². The van der Waals surface area contributed by atoms with Gasteiger partial charge >= 0.3 is 5.97 Å². The molecule has 1 amide bonds. The molecule has 4 rings (SSSR count). The van der Waals surface area contributed by atoms with Gasteiger partial charge in [-0.05, 0) is 45.2 Å². The summed E-state index contributed by atoms with van der Waals surface area (Å²) in [5, 5.41) is 8.65. The zero-order chi connectivity index (χ0) is 21.1. The largest absolute Gasteiger partial charge is 0.465 e. The Morgan fingerprint density at radius 2 is 1.87 bits per heavy atom. The Morgan fingerprint density at radius 1 is 1.10 bits per heavy atom. The zero-order valence-corrected chi connectivity index (χ0v) is 17.7. The second-order valence-electron chi connectivity index (χ2n) is 8.07. The summed E-state index contributed by atoms with van der Waals surface area (Å²) in [7, 11) is 0. The van der Waals surface area contributed by atoms with Crippen molar-refractivity contribution in [1.29, 1.82) is 0 Å². The van der Waals surface area contributed by atoms with E-state index in [1.807, 2.05) is 47.7 Å². The van der Waals surface area contributed by atoms with Gasteiger partial charge in [-0.3, -0.25) is 14.5 Å². The number of ether oxygens (including phenoxy) is 1. The zero-order valence-electron chi connectivity index (χ0n) is 17.7. The van der Waals surface area contributed by atoms with Gasteiger partial charge < -0.3 is 9.64 Å². The SMILES string of the molecule is CCOC(=O)CN1CCCN(C(=O)c2nnn(-c3ccc(C)cc3)c2C2CC2)CC1. The Bertz CT molecular complexity index is 904. The molecule has 0 atom stereocenters. The van der Waals surface area contributed by atoms with E-state index < -0.39 is 0 Å². The van der Waals surface area contributed by atoms with Crippen LogP contribution in [0.3, 0.4) is 0 Å². The summed E-state index contributed by atoms with van der Waals surface area (Å²) in [4.78, 5) is 29.0. The molecule has 0 radical (unpaired) electrons. The highest BCUT2D eigenvalue weighted by Crippen LogP contribution is 2.42. The van der Waals surface area contributed by atoms with Gasteiger partial charge in [0, 0.05) is 32.1 Å². The lowest BCUT2D eigenvalue weighted by Crippen LogP contribution is -2.37. The Hall–Kier alpha value is -2.74. The molecule has 1 aromatic heterocycles. The third-order valence-electron chi connectivity index (χ3n) is 5.68. The van der Waals surface area contributed by atoms with Crippen LogP contribution in [0.4, 0.5) is 0 Å². The summed E-state index contributed by atoms with van der Waals surface area (Å²) < 4.78 is 6.88. The van der Waals surface area contributed by atoms with Crippen molar-refractivity contribution in [2.24, 2.45) is 0 Å². The van der Waals surface area contributed by atoms with Crippen LogP contribution in [0.5, 0.6) is 0 Å². The molecular formula is C22H29N5O3. The van der Waals surface area contributed by atoms with E-state index in [1.54, 1.807) is 0 Å². The number of aryl methyl sites for hydroxylation is 1. The molecule has 2 fully saturated rings. The van der Waals surface area contributed by atoms with Crippen molar-refractivity contribution in [3.8, 4) is 5.69 Å². The number of nitrogens with zero attached hydrogens (tertiary/aromatic N) is 5. The highest BCUT2D eigenvalue weighted by Gasteiger charge is 2.36. The first-order chi connectivity index (χ1) is 14.6. The van der Waals surface area contributed by atoms with Crippen molar-refractivity contribution in [3.63, 3.8) is 0 Å². The number of amides is 1. The van der Waals surface area contributed by atoms with Crippen molar-refractivity contribution in [1.82, 2.24) is 24.8 Å². The molecule has 8 heteroatoms. The smallest absolute Gasteiger partial charge is 0.320 e. The van der Waals surface area contributed by atoms with E-state index in [1.165, 1.54) is 5.56 Å². The molecule has 0 spiro atoms. The molecule has 160 valence electrons. The van der Waals surface area contributed by atoms with Crippen molar-refractivity contribution < 1.29 is 14.3 Å². The van der Waals surface area contributed by atoms with Gasteiger partial charge in [-0.2, -0.15) is 0 Å². The molecule has 1 aliphatic carbocycles. The van der Waals surface area contributed by atoms with Gasteiger partial charge in [-0.1, -0.05) is 22.9 Å². The quantitative estimate of drug-likeness (QED) is 0.678. The average molecular weight is 412 g/mol. The maximum Gasteiger partial charge on any atom is 0.320 e. The lowest BCUT2D eigenvalue weighted by Gasteiger charge is -2.21. The first kappa shape index (κ1) is 20.5. The fourth-order valence-electron chi connectivity index (χ4n) is 3.91. The van der Waals surface area contributed by atoms with Gasteiger partial charge in [0.15, 0.2) is 5.69 Å². The Labute approximate surface area is 176 Å². The van der Waals surface area contributed by atoms with Crippen LogP contribution >= 0.6 is 0 Å². The molecule has 1 saturated heterocycles. The molecule has 0 unspecified atom stereocenters. The number of carbonyl (C=O) groups is 2. The van der Waals surface area contributed by atoms with Crippen LogP contribution in [0, 0.1) is 6.92 Å². The van der Waals surface area contributed by atoms with Gasteiger partial charge in [0.25, 0.3) is 5.91 Å². The number of hydrogen-bond donors (Lipinski definition) is 0. The predicted molar refractivity (Wildman–Crippen MR) is 112 cm³/mol. The van der Waals surface area contributed by atoms with Gasteiger partial charge in [-0.25, -0.2) is 4.68 Å². The average Bonchev–Trinajstić information content (AvgIpc) is 3.52. The van der Waals surface area contributed by atoms with Gasteiger partial charge in [0.05, 0.1) is 24.5 Å². The summed E-state index contributed by atoms with van der Waals surface area (Å²) in [5.41, 5.74) is 3.51. The maximum atomic E-state index is 13.3. The summed E-state index contributed by atoms with van der Waals surface area (Å²) in [5.74, 6) is 0.0649. The Balaban J connectivity index is 1.49. The lowest BCUT2D eigenvalue weighted by atomic mass is 10.1. The predicted octanol–water partition coefficient (Wildman–Crippen LogP) is 2.16. The number of hydrogen-bond acceptors (Lipinski definition) is 6. The minimum Gasteiger partial charge on any atom is -0.465 e. The summed E-state index contributed by atoms with van der Waals surface area (Å²) >= 11 is 0. The first-order valence-corrected chi connectivity index (χ1v) is 10.8. The highest BCUT2D eigenvalue weighted by molar-refractivity contribution is 5.93. The van der Waals surface area contributed by atoms with Crippen molar-refractivity contribution >= 4 is 11.9 Å². The summed E-state index contributed by atoms with van der Waals surface area (Å²) in [6.45, 7) is 7.15. The molecule has 2 heterocycles. The number of esters is 1. The topological polar surface area (TPSA) is 80.6 Å². The van der Waals surface area contributed by atoms with Crippen molar-refractivity contribution in [2.45, 2.75) is 39.0 Å². The molecule has 0 N–H and O–H groups in total. The Kier molecular flexibility index (Phi) is 6.13. The molecule has 8 nitrogen and oxygen atoms in total. The van der Waals surface area contributed by atoms with E-state index in [9.17, 15) is 9.59 Å². The van der Waals surface area contributed by atoms with E-state index in [0.717, 1.165) is 37.2 Å². The van der Waals surface area contributed by atoms with Crippen LogP contribution in [-0.2, 0) is 9.53 Å². The van der Waals surface area contributed by atoms with Crippen molar-refractivity contribution in [2.75, 3.05) is 39.3 Å². The number of rotatable bonds is 6.